The van der Waals surface area contributed by atoms with E-state index in [9.17, 15) is 14.4 Å². The van der Waals surface area contributed by atoms with E-state index in [0.717, 1.165) is 27.8 Å². The number of carbonyl (C=O) groups excluding carboxylic acids is 3. The minimum Gasteiger partial charge on any atom is -0.324 e. The van der Waals surface area contributed by atoms with Gasteiger partial charge in [0.25, 0.3) is 0 Å². The SMILES string of the molecule is Cc1cccc(NC(=O)[C@H](CC(C)C)N2C(=O)[C@H]3C4c5ccccc5C(c5ccccc54)[C@@H]3C2=O)c1. The first kappa shape index (κ1) is 22.7. The molecule has 0 aromatic heterocycles. The highest BCUT2D eigenvalue weighted by molar-refractivity contribution is 6.11. The number of hydrogen-bond donors (Lipinski definition) is 1. The topological polar surface area (TPSA) is 66.5 Å². The van der Waals surface area contributed by atoms with Gasteiger partial charge in [-0.3, -0.25) is 19.3 Å². The fourth-order valence-electron chi connectivity index (χ4n) is 6.73. The molecule has 1 heterocycles. The van der Waals surface area contributed by atoms with Crippen LogP contribution in [0.3, 0.4) is 0 Å². The van der Waals surface area contributed by atoms with Crippen LogP contribution in [0.25, 0.3) is 0 Å². The molecule has 0 saturated carbocycles. The van der Waals surface area contributed by atoms with Gasteiger partial charge in [-0.25, -0.2) is 0 Å². The van der Waals surface area contributed by atoms with Gasteiger partial charge in [-0.2, -0.15) is 0 Å². The molecule has 1 aliphatic heterocycles. The number of benzene rings is 3. The van der Waals surface area contributed by atoms with E-state index in [2.05, 4.69) is 29.6 Å². The van der Waals surface area contributed by atoms with Crippen LogP contribution in [-0.4, -0.2) is 28.7 Å². The van der Waals surface area contributed by atoms with Gasteiger partial charge in [-0.15, -0.1) is 0 Å². The summed E-state index contributed by atoms with van der Waals surface area (Å²) < 4.78 is 0. The highest BCUT2D eigenvalue weighted by Crippen LogP contribution is 2.61. The smallest absolute Gasteiger partial charge is 0.247 e. The molecule has 5 heteroatoms. The average Bonchev–Trinajstić information content (AvgIpc) is 3.13. The number of aryl methyl sites for hydroxylation is 1. The van der Waals surface area contributed by atoms with E-state index in [1.165, 1.54) is 4.90 Å². The van der Waals surface area contributed by atoms with Crippen LogP contribution in [0.1, 0.15) is 59.9 Å². The van der Waals surface area contributed by atoms with Crippen molar-refractivity contribution in [2.75, 3.05) is 5.32 Å². The molecule has 4 aliphatic rings. The van der Waals surface area contributed by atoms with E-state index in [0.29, 0.717) is 12.1 Å². The van der Waals surface area contributed by atoms with Gasteiger partial charge in [-0.1, -0.05) is 74.5 Å². The Hall–Kier alpha value is -3.73. The maximum atomic E-state index is 14.1. The van der Waals surface area contributed by atoms with Crippen molar-refractivity contribution in [2.24, 2.45) is 17.8 Å². The first-order valence-electron chi connectivity index (χ1n) is 12.8. The minimum atomic E-state index is -0.846. The average molecular weight is 479 g/mol. The zero-order valence-corrected chi connectivity index (χ0v) is 20.8. The van der Waals surface area contributed by atoms with Crippen molar-refractivity contribution in [2.45, 2.75) is 45.1 Å². The molecule has 3 amide bonds. The van der Waals surface area contributed by atoms with Crippen molar-refractivity contribution in [1.29, 1.82) is 0 Å². The number of rotatable bonds is 5. The fraction of sp³-hybridized carbons (Fsp3) is 0.323. The van der Waals surface area contributed by atoms with Crippen LogP contribution >= 0.6 is 0 Å². The zero-order chi connectivity index (χ0) is 25.1. The first-order valence-corrected chi connectivity index (χ1v) is 12.8. The van der Waals surface area contributed by atoms with E-state index in [4.69, 9.17) is 0 Å². The third-order valence-corrected chi connectivity index (χ3v) is 8.08. The summed E-state index contributed by atoms with van der Waals surface area (Å²) in [5.74, 6) is -1.91. The Balaban J connectivity index is 1.41. The molecule has 0 unspecified atom stereocenters. The quantitative estimate of drug-likeness (QED) is 0.510. The van der Waals surface area contributed by atoms with Gasteiger partial charge in [0.15, 0.2) is 0 Å². The lowest BCUT2D eigenvalue weighted by molar-refractivity contribution is -0.147. The number of likely N-dealkylation sites (tertiary alicyclic amines) is 1. The van der Waals surface area contributed by atoms with Crippen molar-refractivity contribution >= 4 is 23.4 Å². The van der Waals surface area contributed by atoms with Gasteiger partial charge in [0.1, 0.15) is 6.04 Å². The Morgan fingerprint density at radius 3 is 1.75 bits per heavy atom. The maximum absolute atomic E-state index is 14.1. The largest absolute Gasteiger partial charge is 0.324 e. The molecule has 0 radical (unpaired) electrons. The van der Waals surface area contributed by atoms with Crippen LogP contribution in [0.2, 0.25) is 0 Å². The first-order chi connectivity index (χ1) is 17.4. The molecule has 1 fully saturated rings. The molecule has 3 atom stereocenters. The van der Waals surface area contributed by atoms with Crippen molar-refractivity contribution < 1.29 is 14.4 Å². The third-order valence-electron chi connectivity index (χ3n) is 8.08. The molecule has 36 heavy (non-hydrogen) atoms. The van der Waals surface area contributed by atoms with Crippen LogP contribution in [-0.2, 0) is 14.4 Å². The number of anilines is 1. The third kappa shape index (κ3) is 3.33. The lowest BCUT2D eigenvalue weighted by Crippen LogP contribution is -2.48. The second-order valence-electron chi connectivity index (χ2n) is 10.8. The number of amides is 3. The molecule has 3 aromatic carbocycles. The van der Waals surface area contributed by atoms with Crippen LogP contribution in [0.5, 0.6) is 0 Å². The molecular formula is C31H30N2O3. The molecular weight excluding hydrogens is 448 g/mol. The molecule has 0 spiro atoms. The summed E-state index contributed by atoms with van der Waals surface area (Å²) in [5, 5.41) is 2.97. The van der Waals surface area contributed by atoms with E-state index in [1.807, 2.05) is 69.3 Å². The monoisotopic (exact) mass is 478 g/mol. The van der Waals surface area contributed by atoms with Crippen molar-refractivity contribution in [1.82, 2.24) is 4.90 Å². The highest BCUT2D eigenvalue weighted by atomic mass is 16.2. The molecule has 3 aromatic rings. The lowest BCUT2D eigenvalue weighted by atomic mass is 9.55. The Morgan fingerprint density at radius 1 is 0.806 bits per heavy atom. The van der Waals surface area contributed by atoms with Crippen LogP contribution in [0, 0.1) is 24.7 Å². The maximum Gasteiger partial charge on any atom is 0.247 e. The Kier molecular flexibility index (Phi) is 5.32. The summed E-state index contributed by atoms with van der Waals surface area (Å²) >= 11 is 0. The van der Waals surface area contributed by atoms with Gasteiger partial charge >= 0.3 is 0 Å². The van der Waals surface area contributed by atoms with Gasteiger partial charge in [0, 0.05) is 17.5 Å². The summed E-state index contributed by atoms with van der Waals surface area (Å²) in [6, 6.07) is 23.1. The zero-order valence-electron chi connectivity index (χ0n) is 20.8. The van der Waals surface area contributed by atoms with Crippen LogP contribution in [0.4, 0.5) is 5.69 Å². The van der Waals surface area contributed by atoms with Gasteiger partial charge in [-0.05, 0) is 59.2 Å². The predicted octanol–water partition coefficient (Wildman–Crippen LogP) is 5.24. The number of carbonyl (C=O) groups is 3. The Morgan fingerprint density at radius 2 is 1.31 bits per heavy atom. The summed E-state index contributed by atoms with van der Waals surface area (Å²) in [4.78, 5) is 43.2. The Labute approximate surface area is 211 Å². The van der Waals surface area contributed by atoms with Gasteiger partial charge < -0.3 is 5.32 Å². The second-order valence-corrected chi connectivity index (χ2v) is 10.8. The highest BCUT2D eigenvalue weighted by Gasteiger charge is 2.63. The number of nitrogens with one attached hydrogen (secondary N) is 1. The number of imide groups is 1. The number of nitrogens with zero attached hydrogens (tertiary/aromatic N) is 1. The number of hydrogen-bond acceptors (Lipinski definition) is 3. The van der Waals surface area contributed by atoms with Gasteiger partial charge in [0.2, 0.25) is 17.7 Å². The Bertz CT molecular complexity index is 1280. The molecule has 5 nitrogen and oxygen atoms in total. The van der Waals surface area contributed by atoms with Crippen LogP contribution < -0.4 is 5.32 Å². The van der Waals surface area contributed by atoms with E-state index < -0.39 is 17.9 Å². The molecule has 1 N–H and O–H groups in total. The molecule has 182 valence electrons. The summed E-state index contributed by atoms with van der Waals surface area (Å²) in [5.41, 5.74) is 6.24. The van der Waals surface area contributed by atoms with Crippen molar-refractivity contribution in [3.63, 3.8) is 0 Å². The van der Waals surface area contributed by atoms with E-state index in [-0.39, 0.29) is 35.5 Å². The normalized spacial score (nSPS) is 24.4. The van der Waals surface area contributed by atoms with E-state index in [1.54, 1.807) is 0 Å². The van der Waals surface area contributed by atoms with E-state index >= 15 is 0 Å². The summed E-state index contributed by atoms with van der Waals surface area (Å²) in [6.45, 7) is 5.99. The second kappa shape index (κ2) is 8.44. The predicted molar refractivity (Wildman–Crippen MR) is 138 cm³/mol. The van der Waals surface area contributed by atoms with Gasteiger partial charge in [0.05, 0.1) is 11.8 Å². The minimum absolute atomic E-state index is 0.132. The summed E-state index contributed by atoms with van der Waals surface area (Å²) in [6.07, 6.45) is 0.420. The van der Waals surface area contributed by atoms with Crippen molar-refractivity contribution in [3.8, 4) is 0 Å². The standard InChI is InChI=1S/C31H30N2O3/c1-17(2)15-24(29(34)32-19-10-8-9-18(3)16-19)33-30(35)27-25-20-11-4-5-12-21(20)26(28(27)31(33)36)23-14-7-6-13-22(23)25/h4-14,16-17,24-28H,15H2,1-3H3,(H,32,34)/t24-,25?,26?,27-,28-/m0/s1. The lowest BCUT2D eigenvalue weighted by Gasteiger charge is -2.45. The summed E-state index contributed by atoms with van der Waals surface area (Å²) in [7, 11) is 0. The molecule has 2 bridgehead atoms. The van der Waals surface area contributed by atoms with Crippen LogP contribution in [0.15, 0.2) is 72.8 Å². The molecule has 3 aliphatic carbocycles. The fourth-order valence-corrected chi connectivity index (χ4v) is 6.73. The molecule has 1 saturated heterocycles. The van der Waals surface area contributed by atoms with Crippen molar-refractivity contribution in [3.05, 3.63) is 101 Å². The molecule has 7 rings (SSSR count).